The summed E-state index contributed by atoms with van der Waals surface area (Å²) in [5.74, 6) is 0. The van der Waals surface area contributed by atoms with E-state index in [-0.39, 0.29) is 5.66 Å². The molecule has 16 heavy (non-hydrogen) atoms. The van der Waals surface area contributed by atoms with Gasteiger partial charge in [-0.15, -0.1) is 0 Å². The van der Waals surface area contributed by atoms with Crippen LogP contribution in [0.15, 0.2) is 0 Å². The van der Waals surface area contributed by atoms with Crippen molar-refractivity contribution < 1.29 is 4.74 Å². The van der Waals surface area contributed by atoms with E-state index in [9.17, 15) is 0 Å². The standard InChI is InChI=1S/C12H25N3O/c1-12(2,13(3)4)15-7-5-14(6-8-15)11-9-16-10-11/h11H,5-10H2,1-4H3. The number of hydrogen-bond donors (Lipinski definition) is 0. The Morgan fingerprint density at radius 3 is 2.00 bits per heavy atom. The van der Waals surface area contributed by atoms with Gasteiger partial charge in [-0.25, -0.2) is 0 Å². The van der Waals surface area contributed by atoms with Crippen LogP contribution >= 0.6 is 0 Å². The third kappa shape index (κ3) is 2.25. The van der Waals surface area contributed by atoms with E-state index in [4.69, 9.17) is 4.74 Å². The lowest BCUT2D eigenvalue weighted by Gasteiger charge is -2.49. The number of rotatable bonds is 3. The van der Waals surface area contributed by atoms with Gasteiger partial charge in [0.25, 0.3) is 0 Å². The van der Waals surface area contributed by atoms with E-state index in [1.807, 2.05) is 0 Å². The van der Waals surface area contributed by atoms with Gasteiger partial charge < -0.3 is 4.74 Å². The summed E-state index contributed by atoms with van der Waals surface area (Å²) in [6.07, 6.45) is 0. The lowest BCUT2D eigenvalue weighted by Crippen LogP contribution is -2.63. The van der Waals surface area contributed by atoms with Crippen molar-refractivity contribution >= 4 is 0 Å². The molecule has 0 aliphatic carbocycles. The summed E-state index contributed by atoms with van der Waals surface area (Å²) in [6.45, 7) is 11.2. The second kappa shape index (κ2) is 4.61. The molecule has 0 unspecified atom stereocenters. The van der Waals surface area contributed by atoms with Crippen LogP contribution in [-0.2, 0) is 4.74 Å². The molecule has 0 saturated carbocycles. The van der Waals surface area contributed by atoms with Crippen LogP contribution in [0.5, 0.6) is 0 Å². The Morgan fingerprint density at radius 1 is 1.06 bits per heavy atom. The maximum absolute atomic E-state index is 5.26. The van der Waals surface area contributed by atoms with Crippen LogP contribution in [0.25, 0.3) is 0 Å². The minimum absolute atomic E-state index is 0.169. The van der Waals surface area contributed by atoms with E-state index in [0.29, 0.717) is 6.04 Å². The van der Waals surface area contributed by atoms with Crippen LogP contribution in [0.4, 0.5) is 0 Å². The van der Waals surface area contributed by atoms with Crippen molar-refractivity contribution in [3.05, 3.63) is 0 Å². The Morgan fingerprint density at radius 2 is 1.62 bits per heavy atom. The van der Waals surface area contributed by atoms with Crippen molar-refractivity contribution in [3.63, 3.8) is 0 Å². The predicted molar refractivity (Wildman–Crippen MR) is 65.5 cm³/mol. The van der Waals surface area contributed by atoms with Crippen LogP contribution < -0.4 is 0 Å². The third-order valence-corrected chi connectivity index (χ3v) is 4.32. The highest BCUT2D eigenvalue weighted by atomic mass is 16.5. The number of nitrogens with zero attached hydrogens (tertiary/aromatic N) is 3. The lowest BCUT2D eigenvalue weighted by molar-refractivity contribution is -0.0969. The molecule has 2 fully saturated rings. The van der Waals surface area contributed by atoms with Crippen LogP contribution in [0.1, 0.15) is 13.8 Å². The smallest absolute Gasteiger partial charge is 0.0675 e. The molecule has 2 aliphatic rings. The van der Waals surface area contributed by atoms with Gasteiger partial charge in [0, 0.05) is 26.2 Å². The molecule has 0 aromatic carbocycles. The molecular weight excluding hydrogens is 202 g/mol. The molecule has 4 nitrogen and oxygen atoms in total. The van der Waals surface area contributed by atoms with Gasteiger partial charge in [-0.2, -0.15) is 0 Å². The minimum Gasteiger partial charge on any atom is -0.378 e. The average molecular weight is 227 g/mol. The van der Waals surface area contributed by atoms with Crippen LogP contribution in [0.2, 0.25) is 0 Å². The molecule has 2 rings (SSSR count). The first-order valence-electron chi connectivity index (χ1n) is 6.26. The highest BCUT2D eigenvalue weighted by Crippen LogP contribution is 2.21. The Kier molecular flexibility index (Phi) is 3.54. The van der Waals surface area contributed by atoms with Gasteiger partial charge in [-0.3, -0.25) is 14.7 Å². The first kappa shape index (κ1) is 12.3. The average Bonchev–Trinajstić information content (AvgIpc) is 2.15. The minimum atomic E-state index is 0.169. The van der Waals surface area contributed by atoms with Crippen LogP contribution in [-0.4, -0.2) is 79.9 Å². The Balaban J connectivity index is 1.84. The molecule has 4 heteroatoms. The first-order valence-corrected chi connectivity index (χ1v) is 6.26. The summed E-state index contributed by atoms with van der Waals surface area (Å²) >= 11 is 0. The molecule has 0 N–H and O–H groups in total. The van der Waals surface area contributed by atoms with Crippen molar-refractivity contribution in [1.29, 1.82) is 0 Å². The molecule has 0 atom stereocenters. The van der Waals surface area contributed by atoms with E-state index in [1.165, 1.54) is 26.2 Å². The molecule has 0 amide bonds. The Labute approximate surface area is 99.1 Å². The molecule has 0 aromatic rings. The normalized spacial score (nSPS) is 26.1. The van der Waals surface area contributed by atoms with Gasteiger partial charge in [-0.1, -0.05) is 0 Å². The van der Waals surface area contributed by atoms with Gasteiger partial charge in [0.15, 0.2) is 0 Å². The molecular formula is C12H25N3O. The summed E-state index contributed by atoms with van der Waals surface area (Å²) in [7, 11) is 4.32. The van der Waals surface area contributed by atoms with E-state index >= 15 is 0 Å². The lowest BCUT2D eigenvalue weighted by atomic mass is 10.1. The zero-order valence-corrected chi connectivity index (χ0v) is 11.1. The molecule has 2 aliphatic heterocycles. The molecule has 0 aromatic heterocycles. The van der Waals surface area contributed by atoms with Gasteiger partial charge >= 0.3 is 0 Å². The highest BCUT2D eigenvalue weighted by Gasteiger charge is 2.34. The van der Waals surface area contributed by atoms with Crippen molar-refractivity contribution in [2.45, 2.75) is 25.6 Å². The molecule has 2 heterocycles. The zero-order valence-electron chi connectivity index (χ0n) is 11.1. The first-order chi connectivity index (χ1) is 7.51. The van der Waals surface area contributed by atoms with Gasteiger partial charge in [-0.05, 0) is 27.9 Å². The molecule has 0 bridgehead atoms. The molecule has 0 spiro atoms. The fraction of sp³-hybridized carbons (Fsp3) is 1.00. The van der Waals surface area contributed by atoms with E-state index < -0.39 is 0 Å². The molecule has 94 valence electrons. The van der Waals surface area contributed by atoms with Crippen molar-refractivity contribution in [2.24, 2.45) is 0 Å². The largest absolute Gasteiger partial charge is 0.378 e. The highest BCUT2D eigenvalue weighted by molar-refractivity contribution is 4.87. The number of ether oxygens (including phenoxy) is 1. The fourth-order valence-electron chi connectivity index (χ4n) is 2.35. The second-order valence-electron chi connectivity index (χ2n) is 5.60. The molecule has 0 radical (unpaired) electrons. The SMILES string of the molecule is CN(C)C(C)(C)N1CCN(C2COC2)CC1. The van der Waals surface area contributed by atoms with Gasteiger partial charge in [0.1, 0.15) is 0 Å². The van der Waals surface area contributed by atoms with Gasteiger partial charge in [0.05, 0.1) is 24.9 Å². The third-order valence-electron chi connectivity index (χ3n) is 4.32. The predicted octanol–water partition coefficient (Wildman–Crippen LogP) is 0.301. The van der Waals surface area contributed by atoms with Crippen LogP contribution in [0.3, 0.4) is 0 Å². The number of piperazine rings is 1. The topological polar surface area (TPSA) is 19.0 Å². The summed E-state index contributed by atoms with van der Waals surface area (Å²) in [6, 6.07) is 0.699. The van der Waals surface area contributed by atoms with Crippen LogP contribution in [0, 0.1) is 0 Å². The Bertz CT molecular complexity index is 230. The van der Waals surface area contributed by atoms with Crippen molar-refractivity contribution in [1.82, 2.24) is 14.7 Å². The van der Waals surface area contributed by atoms with E-state index in [2.05, 4.69) is 42.6 Å². The zero-order chi connectivity index (χ0) is 11.8. The summed E-state index contributed by atoms with van der Waals surface area (Å²) in [4.78, 5) is 7.45. The Hall–Kier alpha value is -0.160. The summed E-state index contributed by atoms with van der Waals surface area (Å²) in [5, 5.41) is 0. The van der Waals surface area contributed by atoms with E-state index in [0.717, 1.165) is 13.2 Å². The van der Waals surface area contributed by atoms with Crippen molar-refractivity contribution in [2.75, 3.05) is 53.5 Å². The van der Waals surface area contributed by atoms with Crippen molar-refractivity contribution in [3.8, 4) is 0 Å². The maximum Gasteiger partial charge on any atom is 0.0675 e. The quantitative estimate of drug-likeness (QED) is 0.690. The summed E-state index contributed by atoms with van der Waals surface area (Å²) in [5.41, 5.74) is 0.169. The monoisotopic (exact) mass is 227 g/mol. The van der Waals surface area contributed by atoms with Gasteiger partial charge in [0.2, 0.25) is 0 Å². The summed E-state index contributed by atoms with van der Waals surface area (Å²) < 4.78 is 5.26. The molecule has 2 saturated heterocycles. The maximum atomic E-state index is 5.26. The number of hydrogen-bond acceptors (Lipinski definition) is 4. The second-order valence-corrected chi connectivity index (χ2v) is 5.60. The fourth-order valence-corrected chi connectivity index (χ4v) is 2.35. The van der Waals surface area contributed by atoms with E-state index in [1.54, 1.807) is 0 Å².